The monoisotopic (exact) mass is 698 g/mol. The second kappa shape index (κ2) is 15.3. The Morgan fingerprint density at radius 2 is 1.82 bits per heavy atom. The van der Waals surface area contributed by atoms with Gasteiger partial charge in [-0.15, -0.1) is 0 Å². The summed E-state index contributed by atoms with van der Waals surface area (Å²) in [5, 5.41) is 18.6. The van der Waals surface area contributed by atoms with E-state index in [0.717, 1.165) is 21.9 Å². The normalized spacial score (nSPS) is 16.7. The van der Waals surface area contributed by atoms with Crippen LogP contribution in [0.15, 0.2) is 63.3 Å². The molecule has 0 saturated heterocycles. The summed E-state index contributed by atoms with van der Waals surface area (Å²) in [5.74, 6) is 0.146. The van der Waals surface area contributed by atoms with Gasteiger partial charge in [0.2, 0.25) is 0 Å². The van der Waals surface area contributed by atoms with Crippen LogP contribution in [0, 0.1) is 13.8 Å². The van der Waals surface area contributed by atoms with Crippen LogP contribution in [0.3, 0.4) is 0 Å². The van der Waals surface area contributed by atoms with Crippen LogP contribution < -0.4 is 9.62 Å². The molecule has 49 heavy (non-hydrogen) atoms. The second-order valence-corrected chi connectivity index (χ2v) is 14.7. The van der Waals surface area contributed by atoms with Crippen LogP contribution in [0.5, 0.6) is 0 Å². The van der Waals surface area contributed by atoms with Crippen LogP contribution in [0.1, 0.15) is 76.8 Å². The van der Waals surface area contributed by atoms with Crippen LogP contribution in [-0.4, -0.2) is 67.9 Å². The molecule has 0 saturated carbocycles. The number of nitrogens with zero attached hydrogens (tertiary/aromatic N) is 3. The molecule has 0 radical (unpaired) electrons. The standard InChI is InChI=1S/C36H50N4O8S/c1-10-19-36(8)37-32(35(6,7)42)31(34(41)47-12-3)39(36)21-26-17-18-28(27(20-26)22-46-11-2)29-15-13-14-16-30(29)49(43,44)40(23-45-9)33-24(4)25(5)48-38-33/h13-18,20,37,42H,10-12,19,21-23H2,1-9H3. The molecule has 1 atom stereocenters. The minimum Gasteiger partial charge on any atom is -0.461 e. The van der Waals surface area contributed by atoms with Crippen LogP contribution in [-0.2, 0) is 42.2 Å². The number of aryl methyl sites for hydroxylation is 1. The Morgan fingerprint density at radius 1 is 1.10 bits per heavy atom. The Balaban J connectivity index is 1.85. The third-order valence-electron chi connectivity index (χ3n) is 8.65. The van der Waals surface area contributed by atoms with Crippen molar-refractivity contribution in [1.82, 2.24) is 15.4 Å². The first-order chi connectivity index (χ1) is 23.1. The Morgan fingerprint density at radius 3 is 2.41 bits per heavy atom. The lowest BCUT2D eigenvalue weighted by molar-refractivity contribution is -0.141. The number of hydrogen-bond donors (Lipinski definition) is 2. The zero-order valence-corrected chi connectivity index (χ0v) is 30.9. The summed E-state index contributed by atoms with van der Waals surface area (Å²) in [6, 6.07) is 12.6. The number of sulfonamides is 1. The molecular formula is C36H50N4O8S. The number of rotatable bonds is 16. The smallest absolute Gasteiger partial charge is 0.356 e. The van der Waals surface area contributed by atoms with E-state index >= 15 is 0 Å². The van der Waals surface area contributed by atoms with Crippen LogP contribution in [0.2, 0.25) is 0 Å². The average molecular weight is 699 g/mol. The van der Waals surface area contributed by atoms with E-state index in [0.29, 0.717) is 47.7 Å². The van der Waals surface area contributed by atoms with Gasteiger partial charge in [-0.05, 0) is 77.6 Å². The maximum absolute atomic E-state index is 14.3. The van der Waals surface area contributed by atoms with Crippen LogP contribution in [0.25, 0.3) is 11.1 Å². The molecule has 0 fully saturated rings. The van der Waals surface area contributed by atoms with E-state index in [2.05, 4.69) is 17.4 Å². The van der Waals surface area contributed by atoms with Crippen molar-refractivity contribution in [3.05, 3.63) is 76.3 Å². The van der Waals surface area contributed by atoms with Gasteiger partial charge in [0.05, 0.1) is 23.8 Å². The maximum atomic E-state index is 14.3. The molecule has 2 heterocycles. The third-order valence-corrected chi connectivity index (χ3v) is 10.4. The van der Waals surface area contributed by atoms with E-state index in [1.54, 1.807) is 58.9 Å². The minimum absolute atomic E-state index is 0.0687. The quantitative estimate of drug-likeness (QED) is 0.139. The van der Waals surface area contributed by atoms with Crippen molar-refractivity contribution in [2.75, 3.05) is 31.4 Å². The lowest BCUT2D eigenvalue weighted by atomic mass is 9.96. The number of esters is 1. The van der Waals surface area contributed by atoms with Crippen molar-refractivity contribution in [2.45, 2.75) is 97.5 Å². The molecule has 1 aromatic heterocycles. The number of anilines is 1. The van der Waals surface area contributed by atoms with E-state index in [9.17, 15) is 18.3 Å². The van der Waals surface area contributed by atoms with Crippen molar-refractivity contribution < 1.29 is 37.1 Å². The predicted molar refractivity (Wildman–Crippen MR) is 187 cm³/mol. The first-order valence-electron chi connectivity index (χ1n) is 16.6. The van der Waals surface area contributed by atoms with Crippen LogP contribution in [0.4, 0.5) is 5.82 Å². The van der Waals surface area contributed by atoms with Crippen LogP contribution >= 0.6 is 0 Å². The van der Waals surface area contributed by atoms with Gasteiger partial charge in [-0.1, -0.05) is 54.9 Å². The largest absolute Gasteiger partial charge is 0.461 e. The molecule has 0 amide bonds. The van der Waals surface area contributed by atoms with Gasteiger partial charge < -0.3 is 34.1 Å². The first kappa shape index (κ1) is 37.9. The molecule has 1 unspecified atom stereocenters. The molecular weight excluding hydrogens is 648 g/mol. The number of carbonyl (C=O) groups is 1. The van der Waals surface area contributed by atoms with Crippen molar-refractivity contribution in [2.24, 2.45) is 0 Å². The molecule has 3 aromatic rings. The number of aliphatic hydroxyl groups is 1. The molecule has 2 aromatic carbocycles. The second-order valence-electron chi connectivity index (χ2n) is 12.8. The molecule has 2 N–H and O–H groups in total. The molecule has 1 aliphatic rings. The Kier molecular flexibility index (Phi) is 11.9. The summed E-state index contributed by atoms with van der Waals surface area (Å²) in [4.78, 5) is 15.5. The SMILES string of the molecule is CCCC1(C)NC(C(C)(C)O)=C(C(=O)OCC)N1Cc1ccc(-c2ccccc2S(=O)(=O)N(COC)c2noc(C)c2C)c(COCC)c1. The fourth-order valence-electron chi connectivity index (χ4n) is 6.13. The van der Waals surface area contributed by atoms with E-state index in [1.807, 2.05) is 36.9 Å². The van der Waals surface area contributed by atoms with Gasteiger partial charge in [0, 0.05) is 31.4 Å². The van der Waals surface area contributed by atoms with Gasteiger partial charge in [-0.2, -0.15) is 0 Å². The molecule has 0 aliphatic carbocycles. The lowest BCUT2D eigenvalue weighted by Gasteiger charge is -2.38. The van der Waals surface area contributed by atoms with E-state index < -0.39 is 27.3 Å². The van der Waals surface area contributed by atoms with E-state index in [1.165, 1.54) is 7.11 Å². The highest BCUT2D eigenvalue weighted by atomic mass is 32.2. The number of methoxy groups -OCH3 is 1. The summed E-state index contributed by atoms with van der Waals surface area (Å²) in [7, 11) is -2.77. The lowest BCUT2D eigenvalue weighted by Crippen LogP contribution is -2.51. The third kappa shape index (κ3) is 7.80. The molecule has 1 aliphatic heterocycles. The molecule has 13 heteroatoms. The highest BCUT2D eigenvalue weighted by molar-refractivity contribution is 7.93. The molecule has 0 bridgehead atoms. The van der Waals surface area contributed by atoms with Crippen molar-refractivity contribution in [3.63, 3.8) is 0 Å². The van der Waals surface area contributed by atoms with Crippen molar-refractivity contribution in [3.8, 4) is 11.1 Å². The topological polar surface area (TPSA) is 144 Å². The number of hydrogen-bond acceptors (Lipinski definition) is 11. The van der Waals surface area contributed by atoms with Gasteiger partial charge in [-0.3, -0.25) is 0 Å². The maximum Gasteiger partial charge on any atom is 0.356 e. The Hall–Kier alpha value is -3.91. The number of ether oxygens (including phenoxy) is 3. The predicted octanol–water partition coefficient (Wildman–Crippen LogP) is 5.76. The summed E-state index contributed by atoms with van der Waals surface area (Å²) in [6.07, 6.45) is 1.51. The highest BCUT2D eigenvalue weighted by Gasteiger charge is 2.47. The zero-order valence-electron chi connectivity index (χ0n) is 30.0. The Bertz CT molecular complexity index is 1780. The summed E-state index contributed by atoms with van der Waals surface area (Å²) in [5.41, 5.74) is 2.06. The summed E-state index contributed by atoms with van der Waals surface area (Å²) < 4.78 is 51.8. The van der Waals surface area contributed by atoms with Gasteiger partial charge in [0.25, 0.3) is 10.0 Å². The summed E-state index contributed by atoms with van der Waals surface area (Å²) in [6.45, 7) is 15.4. The Labute approximate surface area is 290 Å². The van der Waals surface area contributed by atoms with E-state index in [4.69, 9.17) is 18.7 Å². The van der Waals surface area contributed by atoms with Gasteiger partial charge >= 0.3 is 5.97 Å². The average Bonchev–Trinajstić information content (AvgIpc) is 3.54. The number of benzene rings is 2. The van der Waals surface area contributed by atoms with Crippen molar-refractivity contribution >= 4 is 21.8 Å². The summed E-state index contributed by atoms with van der Waals surface area (Å²) >= 11 is 0. The molecule has 268 valence electrons. The van der Waals surface area contributed by atoms with Gasteiger partial charge in [0.1, 0.15) is 29.5 Å². The fraction of sp³-hybridized carbons (Fsp3) is 0.500. The fourth-order valence-corrected chi connectivity index (χ4v) is 7.71. The molecule has 12 nitrogen and oxygen atoms in total. The first-order valence-corrected chi connectivity index (χ1v) is 18.0. The van der Waals surface area contributed by atoms with E-state index in [-0.39, 0.29) is 36.4 Å². The molecule has 4 rings (SSSR count). The number of carbonyl (C=O) groups excluding carboxylic acids is 1. The highest BCUT2D eigenvalue weighted by Crippen LogP contribution is 2.40. The molecule has 0 spiro atoms. The number of nitrogens with one attached hydrogen (secondary N) is 1. The van der Waals surface area contributed by atoms with Gasteiger partial charge in [0.15, 0.2) is 5.82 Å². The number of aromatic nitrogens is 1. The van der Waals surface area contributed by atoms with Crippen molar-refractivity contribution in [1.29, 1.82) is 0 Å². The van der Waals surface area contributed by atoms with Gasteiger partial charge in [-0.25, -0.2) is 17.5 Å². The zero-order chi connectivity index (χ0) is 36.1. The minimum atomic E-state index is -4.19.